The number of terminal acetylenes is 1. The van der Waals surface area contributed by atoms with Crippen LogP contribution >= 0.6 is 0 Å². The minimum absolute atomic E-state index is 0.142. The molecule has 3 rings (SSSR count). The zero-order chi connectivity index (χ0) is 21.2. The Balaban J connectivity index is 1.83. The molecule has 30 heavy (non-hydrogen) atoms. The van der Waals surface area contributed by atoms with Crippen molar-refractivity contribution in [3.05, 3.63) is 71.3 Å². The van der Waals surface area contributed by atoms with Gasteiger partial charge in [-0.25, -0.2) is 0 Å². The third-order valence-electron chi connectivity index (χ3n) is 5.38. The van der Waals surface area contributed by atoms with Gasteiger partial charge in [0.2, 0.25) is 0 Å². The van der Waals surface area contributed by atoms with Crippen LogP contribution in [-0.2, 0) is 20.9 Å². The number of hydrogen-bond donors (Lipinski definition) is 0. The molecule has 0 saturated heterocycles. The van der Waals surface area contributed by atoms with Crippen molar-refractivity contribution in [1.82, 2.24) is 0 Å². The van der Waals surface area contributed by atoms with Crippen LogP contribution < -0.4 is 0 Å². The summed E-state index contributed by atoms with van der Waals surface area (Å²) in [6, 6.07) is 17.7. The second-order valence-corrected chi connectivity index (χ2v) is 7.63. The SMILES string of the molecule is C#CC(OC(C)=O)c1ccccc1C#CC(OCc1ccccc1)C1CCCCC1. The van der Waals surface area contributed by atoms with Crippen molar-refractivity contribution in [2.24, 2.45) is 5.92 Å². The zero-order valence-electron chi connectivity index (χ0n) is 17.5. The molecule has 0 bridgehead atoms. The standard InChI is InChI=1S/C27H28O3/c1-3-26(30-21(2)28)25-17-11-10-14-23(25)18-19-27(24-15-8-5-9-16-24)29-20-22-12-6-4-7-13-22/h1,4,6-7,10-14,17,24,26-27H,5,8-9,15-16,20H2,2H3. The van der Waals surface area contributed by atoms with Crippen LogP contribution in [0.15, 0.2) is 54.6 Å². The fourth-order valence-electron chi connectivity index (χ4n) is 3.83. The first-order chi connectivity index (χ1) is 14.7. The highest BCUT2D eigenvalue weighted by atomic mass is 16.5. The molecule has 3 nitrogen and oxygen atoms in total. The molecule has 1 saturated carbocycles. The smallest absolute Gasteiger partial charge is 0.304 e. The molecular weight excluding hydrogens is 372 g/mol. The van der Waals surface area contributed by atoms with Gasteiger partial charge in [-0.15, -0.1) is 6.42 Å². The van der Waals surface area contributed by atoms with Crippen LogP contribution in [0.2, 0.25) is 0 Å². The summed E-state index contributed by atoms with van der Waals surface area (Å²) < 4.78 is 11.6. The highest BCUT2D eigenvalue weighted by Crippen LogP contribution is 2.29. The van der Waals surface area contributed by atoms with Crippen molar-refractivity contribution in [2.45, 2.75) is 57.8 Å². The van der Waals surface area contributed by atoms with Gasteiger partial charge < -0.3 is 9.47 Å². The first kappa shape index (κ1) is 21.7. The highest BCUT2D eigenvalue weighted by Gasteiger charge is 2.23. The molecule has 2 unspecified atom stereocenters. The van der Waals surface area contributed by atoms with E-state index in [0.29, 0.717) is 12.5 Å². The predicted octanol–water partition coefficient (Wildman–Crippen LogP) is 5.44. The second-order valence-electron chi connectivity index (χ2n) is 7.63. The van der Waals surface area contributed by atoms with E-state index in [9.17, 15) is 4.79 Å². The van der Waals surface area contributed by atoms with Crippen LogP contribution in [0.5, 0.6) is 0 Å². The van der Waals surface area contributed by atoms with Crippen LogP contribution in [0.1, 0.15) is 61.8 Å². The largest absolute Gasteiger partial charge is 0.444 e. The van der Waals surface area contributed by atoms with Crippen molar-refractivity contribution < 1.29 is 14.3 Å². The Morgan fingerprint density at radius 3 is 2.47 bits per heavy atom. The summed E-state index contributed by atoms with van der Waals surface area (Å²) in [7, 11) is 0. The Bertz CT molecular complexity index is 924. The van der Waals surface area contributed by atoms with E-state index in [-0.39, 0.29) is 6.10 Å². The fourth-order valence-corrected chi connectivity index (χ4v) is 3.83. The molecule has 0 spiro atoms. The Hall–Kier alpha value is -3.01. The van der Waals surface area contributed by atoms with Gasteiger partial charge >= 0.3 is 5.97 Å². The number of carbonyl (C=O) groups excluding carboxylic acids is 1. The predicted molar refractivity (Wildman–Crippen MR) is 118 cm³/mol. The topological polar surface area (TPSA) is 35.5 Å². The summed E-state index contributed by atoms with van der Waals surface area (Å²) in [5.74, 6) is 9.21. The molecule has 2 aromatic rings. The van der Waals surface area contributed by atoms with Gasteiger partial charge in [-0.05, 0) is 30.4 Å². The van der Waals surface area contributed by atoms with Crippen LogP contribution in [0.4, 0.5) is 0 Å². The lowest BCUT2D eigenvalue weighted by atomic mass is 9.85. The molecule has 154 valence electrons. The lowest BCUT2D eigenvalue weighted by Crippen LogP contribution is -2.24. The highest BCUT2D eigenvalue weighted by molar-refractivity contribution is 5.67. The van der Waals surface area contributed by atoms with Gasteiger partial charge in [0.1, 0.15) is 6.10 Å². The number of hydrogen-bond acceptors (Lipinski definition) is 3. The quantitative estimate of drug-likeness (QED) is 0.478. The zero-order valence-corrected chi connectivity index (χ0v) is 17.5. The molecule has 2 aromatic carbocycles. The van der Waals surface area contributed by atoms with Crippen LogP contribution in [0.3, 0.4) is 0 Å². The molecule has 0 amide bonds. The van der Waals surface area contributed by atoms with Crippen LogP contribution in [0.25, 0.3) is 0 Å². The fraction of sp³-hybridized carbons (Fsp3) is 0.370. The molecule has 3 heteroatoms. The van der Waals surface area contributed by atoms with Gasteiger partial charge in [0.05, 0.1) is 6.61 Å². The third-order valence-corrected chi connectivity index (χ3v) is 5.38. The molecule has 1 fully saturated rings. The van der Waals surface area contributed by atoms with Crippen molar-refractivity contribution in [1.29, 1.82) is 0 Å². The normalized spacial score (nSPS) is 15.9. The van der Waals surface area contributed by atoms with Crippen molar-refractivity contribution in [3.8, 4) is 24.2 Å². The molecule has 0 heterocycles. The first-order valence-corrected chi connectivity index (χ1v) is 10.6. The van der Waals surface area contributed by atoms with Gasteiger partial charge in [0.15, 0.2) is 6.10 Å². The number of esters is 1. The number of rotatable bonds is 6. The summed E-state index contributed by atoms with van der Waals surface area (Å²) in [6.45, 7) is 1.90. The van der Waals surface area contributed by atoms with Crippen molar-refractivity contribution >= 4 is 5.97 Å². The monoisotopic (exact) mass is 400 g/mol. The van der Waals surface area contributed by atoms with E-state index in [1.54, 1.807) is 0 Å². The van der Waals surface area contributed by atoms with Gasteiger partial charge in [-0.2, -0.15) is 0 Å². The van der Waals surface area contributed by atoms with E-state index >= 15 is 0 Å². The van der Waals surface area contributed by atoms with Gasteiger partial charge in [0.25, 0.3) is 0 Å². The van der Waals surface area contributed by atoms with Crippen molar-refractivity contribution in [2.75, 3.05) is 0 Å². The van der Waals surface area contributed by atoms with E-state index in [4.69, 9.17) is 15.9 Å². The van der Waals surface area contributed by atoms with Gasteiger partial charge in [-0.1, -0.05) is 85.6 Å². The Labute approximate surface area is 179 Å². The molecule has 0 aliphatic heterocycles. The van der Waals surface area contributed by atoms with Gasteiger partial charge in [0, 0.05) is 18.1 Å². The van der Waals surface area contributed by atoms with E-state index in [1.165, 1.54) is 26.2 Å². The Morgan fingerprint density at radius 2 is 1.77 bits per heavy atom. The third kappa shape index (κ3) is 6.24. The van der Waals surface area contributed by atoms with Crippen molar-refractivity contribution in [3.63, 3.8) is 0 Å². The summed E-state index contributed by atoms with van der Waals surface area (Å²) in [5, 5.41) is 0. The van der Waals surface area contributed by atoms with Crippen LogP contribution in [-0.4, -0.2) is 12.1 Å². The van der Waals surface area contributed by atoms with Crippen LogP contribution in [0, 0.1) is 30.1 Å². The van der Waals surface area contributed by atoms with E-state index in [1.807, 2.05) is 42.5 Å². The minimum atomic E-state index is -0.744. The molecular formula is C27H28O3. The summed E-state index contributed by atoms with van der Waals surface area (Å²) in [4.78, 5) is 11.4. The lowest BCUT2D eigenvalue weighted by molar-refractivity contribution is -0.144. The summed E-state index contributed by atoms with van der Waals surface area (Å²) >= 11 is 0. The number of carbonyl (C=O) groups is 1. The number of benzene rings is 2. The molecule has 2 atom stereocenters. The second kappa shape index (κ2) is 11.2. The Morgan fingerprint density at radius 1 is 1.07 bits per heavy atom. The molecule has 1 aliphatic rings. The maximum Gasteiger partial charge on any atom is 0.304 e. The summed E-state index contributed by atoms with van der Waals surface area (Å²) in [5.41, 5.74) is 2.64. The maximum absolute atomic E-state index is 11.4. The first-order valence-electron chi connectivity index (χ1n) is 10.6. The minimum Gasteiger partial charge on any atom is -0.444 e. The molecule has 1 aliphatic carbocycles. The number of ether oxygens (including phenoxy) is 2. The van der Waals surface area contributed by atoms with E-state index in [0.717, 1.165) is 29.5 Å². The molecule has 0 aromatic heterocycles. The van der Waals surface area contributed by atoms with Gasteiger partial charge in [-0.3, -0.25) is 4.79 Å². The Kier molecular flexibility index (Phi) is 8.13. The van der Waals surface area contributed by atoms with E-state index in [2.05, 4.69) is 29.9 Å². The maximum atomic E-state index is 11.4. The molecule has 0 N–H and O–H groups in total. The lowest BCUT2D eigenvalue weighted by Gasteiger charge is -2.27. The average molecular weight is 401 g/mol. The average Bonchev–Trinajstić information content (AvgIpc) is 2.79. The molecule has 0 radical (unpaired) electrons. The van der Waals surface area contributed by atoms with E-state index < -0.39 is 12.1 Å². The summed E-state index contributed by atoms with van der Waals surface area (Å²) in [6.07, 6.45) is 10.7.